The van der Waals surface area contributed by atoms with E-state index in [0.717, 1.165) is 43.8 Å². The molecule has 245 valence electrons. The average Bonchev–Trinajstić information content (AvgIpc) is 3.76. The summed E-state index contributed by atoms with van der Waals surface area (Å²) in [5.74, 6) is 2.39. The van der Waals surface area contributed by atoms with Crippen molar-refractivity contribution in [1.82, 2.24) is 39.9 Å². The molecule has 1 radical (unpaired) electrons. The fourth-order valence-corrected chi connectivity index (χ4v) is 5.59. The van der Waals surface area contributed by atoms with Crippen molar-refractivity contribution in [1.29, 1.82) is 0 Å². The first-order valence-corrected chi connectivity index (χ1v) is 15.1. The molecule has 0 atom stereocenters. The number of halogens is 1. The summed E-state index contributed by atoms with van der Waals surface area (Å²) in [4.78, 5) is 36.8. The van der Waals surface area contributed by atoms with Crippen molar-refractivity contribution in [3.8, 4) is 45.6 Å². The van der Waals surface area contributed by atoms with E-state index in [2.05, 4.69) is 9.97 Å². The molecule has 8 bridgehead atoms. The Morgan fingerprint density at radius 3 is 0.824 bits per heavy atom. The molecule has 2 aliphatic rings. The zero-order chi connectivity index (χ0) is 30.7. The van der Waals surface area contributed by atoms with Gasteiger partial charge in [-0.1, -0.05) is 97.1 Å². The zero-order valence-corrected chi connectivity index (χ0v) is 27.8. The van der Waals surface area contributed by atoms with Crippen molar-refractivity contribution < 1.29 is 34.6 Å². The third-order valence-corrected chi connectivity index (χ3v) is 7.46. The molecule has 0 fully saturated rings. The molecule has 19 heteroatoms. The Hall–Kier alpha value is -0.641. The van der Waals surface area contributed by atoms with Crippen molar-refractivity contribution in [2.24, 2.45) is 0 Å². The molecule has 7 aromatic rings. The molecule has 2 aliphatic heterocycles. The van der Waals surface area contributed by atoms with Crippen LogP contribution in [0.25, 0.3) is 89.7 Å². The van der Waals surface area contributed by atoms with Gasteiger partial charge in [-0.3, -0.25) is 9.11 Å². The number of fused-ring (bicyclic) bond motifs is 20. The fourth-order valence-electron chi connectivity index (χ4n) is 5.59. The standard InChI is InChI=1S/C32H18N8.Cu.HI.4Na.H2O4S.4H/c1-2-10-18-17(9-1)25-33-26(18)38-28-21-13-5-6-14-22(21)30(35-28)40-32-24-16-8-7-15-23(24)31(36-32)39-29-20-12-4-3-11-19(20)27(34-29)37-25;;;;;;;1-5(2,3)4;;;;/h1-16H,(H2,33,34,35,36,37,38,39,40);;1H;;;;;(H2,1,2,3,4);;;;. The van der Waals surface area contributed by atoms with E-state index in [1.54, 1.807) is 0 Å². The van der Waals surface area contributed by atoms with Crippen molar-refractivity contribution in [2.75, 3.05) is 0 Å². The molecule has 4 aromatic carbocycles. The largest absolute Gasteiger partial charge is 0.324 e. The van der Waals surface area contributed by atoms with E-state index in [1.165, 1.54) is 0 Å². The van der Waals surface area contributed by atoms with E-state index < -0.39 is 10.4 Å². The van der Waals surface area contributed by atoms with Crippen LogP contribution in [0.15, 0.2) is 97.1 Å². The Labute approximate surface area is 407 Å². The number of nitrogens with zero attached hydrogens (tertiary/aromatic N) is 6. The van der Waals surface area contributed by atoms with Gasteiger partial charge in [-0.2, -0.15) is 8.42 Å². The van der Waals surface area contributed by atoms with Gasteiger partial charge in [0.15, 0.2) is 23.3 Å². The van der Waals surface area contributed by atoms with Gasteiger partial charge >= 0.3 is 129 Å². The summed E-state index contributed by atoms with van der Waals surface area (Å²) >= 11 is 0. The summed E-state index contributed by atoms with van der Waals surface area (Å²) in [6.45, 7) is 0. The van der Waals surface area contributed by atoms with Crippen molar-refractivity contribution in [3.05, 3.63) is 97.1 Å². The molecule has 5 heterocycles. The number of aromatic nitrogens is 8. The third kappa shape index (κ3) is 9.61. The number of nitrogens with one attached hydrogen (secondary N) is 2. The summed E-state index contributed by atoms with van der Waals surface area (Å²) in [5.41, 5.74) is 6.45. The van der Waals surface area contributed by atoms with E-state index in [4.69, 9.17) is 47.4 Å². The minimum Gasteiger partial charge on any atom is -0.324 e. The second kappa shape index (κ2) is 19.3. The van der Waals surface area contributed by atoms with Gasteiger partial charge in [-0.15, -0.1) is 24.0 Å². The number of rotatable bonds is 0. The topological polar surface area (TPSA) is 184 Å². The summed E-state index contributed by atoms with van der Waals surface area (Å²) in [7, 11) is -4.67. The van der Waals surface area contributed by atoms with Crippen molar-refractivity contribution in [2.45, 2.75) is 0 Å². The van der Waals surface area contributed by atoms with E-state index in [1.807, 2.05) is 97.1 Å². The number of H-pyrrole nitrogens is 2. The predicted molar refractivity (Wildman–Crippen MR) is 214 cm³/mol. The molecule has 0 spiro atoms. The summed E-state index contributed by atoms with van der Waals surface area (Å²) in [5, 5.41) is 3.82. The van der Waals surface area contributed by atoms with Crippen LogP contribution >= 0.6 is 24.0 Å². The zero-order valence-electron chi connectivity index (χ0n) is 23.7. The van der Waals surface area contributed by atoms with E-state index in [-0.39, 0.29) is 159 Å². The Morgan fingerprint density at radius 1 is 0.412 bits per heavy atom. The van der Waals surface area contributed by atoms with Gasteiger partial charge in [0.25, 0.3) is 0 Å². The maximum atomic E-state index is 8.74. The normalized spacial score (nSPS) is 10.5. The number of hydrogen-bond donors (Lipinski definition) is 4. The van der Waals surface area contributed by atoms with Crippen LogP contribution in [0.3, 0.4) is 0 Å². The number of aromatic amines is 2. The molecule has 0 amide bonds. The van der Waals surface area contributed by atoms with Gasteiger partial charge < -0.3 is 9.97 Å². The molecule has 12 nitrogen and oxygen atoms in total. The molecule has 9 rings (SSSR count). The molecule has 3 aromatic heterocycles. The van der Waals surface area contributed by atoms with Crippen LogP contribution in [0, 0.1) is 0 Å². The maximum Gasteiger partial charge on any atom is 0.164 e. The minimum absolute atomic E-state index is 0. The smallest absolute Gasteiger partial charge is 0.164 e. The molecule has 0 aliphatic carbocycles. The van der Waals surface area contributed by atoms with Crippen LogP contribution in [0.4, 0.5) is 0 Å². The fraction of sp³-hybridized carbons (Fsp3) is 0. The molecular weight excluding hydrogens is 875 g/mol. The first-order valence-electron chi connectivity index (χ1n) is 13.7. The van der Waals surface area contributed by atoms with Crippen molar-refractivity contribution in [3.63, 3.8) is 0 Å². The van der Waals surface area contributed by atoms with Crippen LogP contribution in [0.1, 0.15) is 0 Å². The van der Waals surface area contributed by atoms with Crippen LogP contribution < -0.4 is 0 Å². The van der Waals surface area contributed by atoms with Crippen LogP contribution in [-0.4, -0.2) is 176 Å². The van der Waals surface area contributed by atoms with Gasteiger partial charge in [0.2, 0.25) is 0 Å². The average molecular weight is 900 g/mol. The van der Waals surface area contributed by atoms with Crippen LogP contribution in [0.2, 0.25) is 0 Å². The number of benzene rings is 4. The monoisotopic (exact) mass is 899 g/mol. The molecule has 51 heavy (non-hydrogen) atoms. The van der Waals surface area contributed by atoms with Gasteiger partial charge in [-0.25, -0.2) is 29.9 Å². The molecule has 0 saturated carbocycles. The second-order valence-electron chi connectivity index (χ2n) is 10.2. The Kier molecular flexibility index (Phi) is 17.6. The van der Waals surface area contributed by atoms with Gasteiger partial charge in [-0.05, 0) is 0 Å². The molecular formula is C32H25CuIN8Na4O4S. The predicted octanol–water partition coefficient (Wildman–Crippen LogP) is 4.24. The second-order valence-corrected chi connectivity index (χ2v) is 11.1. The van der Waals surface area contributed by atoms with Gasteiger partial charge in [0, 0.05) is 60.9 Å². The van der Waals surface area contributed by atoms with Gasteiger partial charge in [0.1, 0.15) is 22.6 Å². The Bertz CT molecular complexity index is 2320. The van der Waals surface area contributed by atoms with Crippen LogP contribution in [-0.2, 0) is 27.5 Å². The molecule has 4 N–H and O–H groups in total. The minimum atomic E-state index is -4.67. The van der Waals surface area contributed by atoms with Gasteiger partial charge in [0.05, 0.1) is 0 Å². The molecule has 0 unspecified atom stereocenters. The number of hydrogen-bond acceptors (Lipinski definition) is 8. The summed E-state index contributed by atoms with van der Waals surface area (Å²) in [6, 6.07) is 32.2. The summed E-state index contributed by atoms with van der Waals surface area (Å²) < 4.78 is 31.6. The van der Waals surface area contributed by atoms with E-state index >= 15 is 0 Å². The maximum absolute atomic E-state index is 8.74. The quantitative estimate of drug-likeness (QED) is 0.0977. The SMILES string of the molecule is I.O=S(=O)(O)O.[Cu].[NaH].[NaH].[NaH].[NaH].c1ccc2c(c1)-c1nc-2nc2[nH]c(nc3nc(nc4[nH]c(n1)c1ccccc41)-c1ccccc1-3)c1ccccc21. The van der Waals surface area contributed by atoms with Crippen LogP contribution in [0.5, 0.6) is 0 Å². The Balaban J connectivity index is 0.000000771. The van der Waals surface area contributed by atoms with E-state index in [0.29, 0.717) is 45.9 Å². The first-order chi connectivity index (χ1) is 21.8. The van der Waals surface area contributed by atoms with E-state index in [9.17, 15) is 0 Å². The third-order valence-electron chi connectivity index (χ3n) is 7.46. The Morgan fingerprint density at radius 2 is 0.608 bits per heavy atom. The first kappa shape index (κ1) is 46.5. The summed E-state index contributed by atoms with van der Waals surface area (Å²) in [6.07, 6.45) is 0. The van der Waals surface area contributed by atoms with Crippen molar-refractivity contribution >= 4 is 197 Å². The molecule has 0 saturated heterocycles.